The molecule has 1 aromatic rings. The molecule has 5 heteroatoms. The highest BCUT2D eigenvalue weighted by molar-refractivity contribution is 6.25. The van der Waals surface area contributed by atoms with Crippen LogP contribution in [-0.2, 0) is 0 Å². The van der Waals surface area contributed by atoms with Crippen molar-refractivity contribution >= 4 is 18.5 Å². The average molecular weight is 246 g/mol. The van der Waals surface area contributed by atoms with Crippen molar-refractivity contribution in [2.24, 2.45) is 9.98 Å². The molecule has 2 heterocycles. The number of urea groups is 1. The normalized spacial score (nSPS) is 16.3. The minimum atomic E-state index is -0.407. The smallest absolute Gasteiger partial charge is 0.314 e. The number of aliphatic imine (C=N–C) groups is 2. The fraction of sp³-hybridized carbons (Fsp3) is 0.308. The molecule has 0 saturated carbocycles. The molecule has 5 nitrogen and oxygen atoms in total. The van der Waals surface area contributed by atoms with Crippen molar-refractivity contribution in [2.75, 3.05) is 26.2 Å². The summed E-state index contributed by atoms with van der Waals surface area (Å²) >= 11 is 0. The zero-order chi connectivity index (χ0) is 12.9. The molecule has 1 fully saturated rings. The third kappa shape index (κ3) is 8.32. The molecule has 2 aliphatic heterocycles. The van der Waals surface area contributed by atoms with Gasteiger partial charge in [0.15, 0.2) is 0 Å². The summed E-state index contributed by atoms with van der Waals surface area (Å²) in [5.74, 6) is 0. The molecule has 18 heavy (non-hydrogen) atoms. The first-order chi connectivity index (χ1) is 8.89. The molecule has 0 radical (unpaired) electrons. The predicted octanol–water partition coefficient (Wildman–Crippen LogP) is 1.13. The van der Waals surface area contributed by atoms with Gasteiger partial charge in [0.05, 0.1) is 12.4 Å². The Morgan fingerprint density at radius 3 is 1.22 bits per heavy atom. The van der Waals surface area contributed by atoms with Crippen LogP contribution in [0.25, 0.3) is 0 Å². The van der Waals surface area contributed by atoms with Gasteiger partial charge >= 0.3 is 6.03 Å². The highest BCUT2D eigenvalue weighted by atomic mass is 16.2. The summed E-state index contributed by atoms with van der Waals surface area (Å²) in [5.41, 5.74) is 0. The van der Waals surface area contributed by atoms with Crippen molar-refractivity contribution in [1.82, 2.24) is 10.6 Å². The van der Waals surface area contributed by atoms with E-state index in [2.05, 4.69) is 20.6 Å². The first kappa shape index (κ1) is 14.2. The van der Waals surface area contributed by atoms with Gasteiger partial charge in [-0.05, 0) is 0 Å². The summed E-state index contributed by atoms with van der Waals surface area (Å²) < 4.78 is 0. The number of amides is 2. The number of carbonyl (C=O) groups excluding carboxylic acids is 1. The Morgan fingerprint density at radius 2 is 1.06 bits per heavy atom. The second-order valence-corrected chi connectivity index (χ2v) is 3.49. The van der Waals surface area contributed by atoms with E-state index < -0.39 is 6.03 Å². The van der Waals surface area contributed by atoms with Crippen molar-refractivity contribution < 1.29 is 4.79 Å². The SMILES string of the molecule is C1CNCCN1.O=C1N=CC=N1.c1ccccc1. The van der Waals surface area contributed by atoms with Crippen LogP contribution in [0.15, 0.2) is 46.4 Å². The Labute approximate surface area is 107 Å². The van der Waals surface area contributed by atoms with Crippen molar-refractivity contribution in [3.63, 3.8) is 0 Å². The zero-order valence-corrected chi connectivity index (χ0v) is 10.2. The van der Waals surface area contributed by atoms with Gasteiger partial charge in [0.25, 0.3) is 0 Å². The van der Waals surface area contributed by atoms with Crippen LogP contribution in [0.4, 0.5) is 4.79 Å². The minimum absolute atomic E-state index is 0.407. The zero-order valence-electron chi connectivity index (χ0n) is 10.2. The quantitative estimate of drug-likeness (QED) is 0.721. The largest absolute Gasteiger partial charge is 0.367 e. The Kier molecular flexibility index (Phi) is 8.14. The second-order valence-electron chi connectivity index (χ2n) is 3.49. The van der Waals surface area contributed by atoms with Crippen LogP contribution in [0, 0.1) is 0 Å². The molecule has 96 valence electrons. The van der Waals surface area contributed by atoms with Gasteiger partial charge in [-0.15, -0.1) is 0 Å². The van der Waals surface area contributed by atoms with Gasteiger partial charge in [0.1, 0.15) is 0 Å². The number of piperazine rings is 1. The van der Waals surface area contributed by atoms with Gasteiger partial charge in [-0.1, -0.05) is 36.4 Å². The summed E-state index contributed by atoms with van der Waals surface area (Å²) in [7, 11) is 0. The third-order valence-electron chi connectivity index (χ3n) is 2.06. The highest BCUT2D eigenvalue weighted by Crippen LogP contribution is 1.82. The van der Waals surface area contributed by atoms with Crippen LogP contribution < -0.4 is 10.6 Å². The topological polar surface area (TPSA) is 65.8 Å². The predicted molar refractivity (Wildman–Crippen MR) is 74.6 cm³/mol. The summed E-state index contributed by atoms with van der Waals surface area (Å²) in [6, 6.07) is 11.6. The number of rotatable bonds is 0. The highest BCUT2D eigenvalue weighted by Gasteiger charge is 1.92. The van der Waals surface area contributed by atoms with Crippen LogP contribution in [0.2, 0.25) is 0 Å². The van der Waals surface area contributed by atoms with Crippen LogP contribution in [-0.4, -0.2) is 44.6 Å². The van der Waals surface area contributed by atoms with Crippen LogP contribution in [0.3, 0.4) is 0 Å². The van der Waals surface area contributed by atoms with Gasteiger partial charge in [0.2, 0.25) is 0 Å². The molecule has 0 bridgehead atoms. The van der Waals surface area contributed by atoms with Gasteiger partial charge in [-0.2, -0.15) is 9.98 Å². The summed E-state index contributed by atoms with van der Waals surface area (Å²) in [6.45, 7) is 4.56. The minimum Gasteiger partial charge on any atom is -0.314 e. The molecular formula is C13H18N4O. The van der Waals surface area contributed by atoms with E-state index >= 15 is 0 Å². The molecule has 0 aliphatic carbocycles. The second kappa shape index (κ2) is 10.3. The lowest BCUT2D eigenvalue weighted by Crippen LogP contribution is -2.39. The summed E-state index contributed by atoms with van der Waals surface area (Å²) in [4.78, 5) is 16.3. The standard InChI is InChI=1S/C6H6.C4H10N2.C3H2N2O/c1-2-4-6-5-3-1;1-2-6-4-3-5-1;6-3-4-1-2-5-3/h1-6H;5-6H,1-4H2;1-2H. The molecule has 2 N–H and O–H groups in total. The van der Waals surface area contributed by atoms with Gasteiger partial charge in [-0.3, -0.25) is 0 Å². The summed E-state index contributed by atoms with van der Waals surface area (Å²) in [5, 5.41) is 6.44. The lowest BCUT2D eigenvalue weighted by Gasteiger charge is -2.11. The number of carbonyl (C=O) groups is 1. The number of benzene rings is 1. The van der Waals surface area contributed by atoms with E-state index in [1.54, 1.807) is 0 Å². The summed E-state index contributed by atoms with van der Waals surface area (Å²) in [6.07, 6.45) is 2.73. The Balaban J connectivity index is 0.000000135. The van der Waals surface area contributed by atoms with Crippen LogP contribution >= 0.6 is 0 Å². The number of hydrogen-bond donors (Lipinski definition) is 2. The molecule has 0 aromatic heterocycles. The fourth-order valence-corrected chi connectivity index (χ4v) is 1.22. The molecule has 2 amide bonds. The Bertz CT molecular complexity index is 320. The van der Waals surface area contributed by atoms with Crippen molar-refractivity contribution in [2.45, 2.75) is 0 Å². The average Bonchev–Trinajstić information content (AvgIpc) is 2.95. The monoisotopic (exact) mass is 246 g/mol. The molecule has 3 rings (SSSR count). The maximum Gasteiger partial charge on any atom is 0.367 e. The fourth-order valence-electron chi connectivity index (χ4n) is 1.22. The van der Waals surface area contributed by atoms with E-state index in [0.717, 1.165) is 26.2 Å². The van der Waals surface area contributed by atoms with Crippen LogP contribution in [0.5, 0.6) is 0 Å². The van der Waals surface area contributed by atoms with E-state index in [0.29, 0.717) is 0 Å². The lowest BCUT2D eigenvalue weighted by atomic mass is 10.4. The van der Waals surface area contributed by atoms with E-state index in [4.69, 9.17) is 0 Å². The molecule has 1 aromatic carbocycles. The number of nitrogens with zero attached hydrogens (tertiary/aromatic N) is 2. The molecule has 0 atom stereocenters. The van der Waals surface area contributed by atoms with E-state index in [1.807, 2.05) is 36.4 Å². The van der Waals surface area contributed by atoms with E-state index in [-0.39, 0.29) is 0 Å². The first-order valence-electron chi connectivity index (χ1n) is 5.92. The van der Waals surface area contributed by atoms with E-state index in [1.165, 1.54) is 12.4 Å². The Hall–Kier alpha value is -1.85. The first-order valence-corrected chi connectivity index (χ1v) is 5.92. The van der Waals surface area contributed by atoms with Crippen LogP contribution in [0.1, 0.15) is 0 Å². The lowest BCUT2D eigenvalue weighted by molar-refractivity contribution is 0.257. The maximum absolute atomic E-state index is 9.85. The third-order valence-corrected chi connectivity index (χ3v) is 2.06. The van der Waals surface area contributed by atoms with Crippen molar-refractivity contribution in [3.05, 3.63) is 36.4 Å². The molecular weight excluding hydrogens is 228 g/mol. The maximum atomic E-state index is 9.85. The van der Waals surface area contributed by atoms with Gasteiger partial charge in [0, 0.05) is 26.2 Å². The molecule has 0 spiro atoms. The number of nitrogens with one attached hydrogen (secondary N) is 2. The Morgan fingerprint density at radius 1 is 0.722 bits per heavy atom. The van der Waals surface area contributed by atoms with Gasteiger partial charge in [-0.25, -0.2) is 4.79 Å². The van der Waals surface area contributed by atoms with Crippen molar-refractivity contribution in [3.8, 4) is 0 Å². The van der Waals surface area contributed by atoms with Crippen molar-refractivity contribution in [1.29, 1.82) is 0 Å². The number of hydrogen-bond acceptors (Lipinski definition) is 3. The molecule has 2 aliphatic rings. The van der Waals surface area contributed by atoms with E-state index in [9.17, 15) is 4.79 Å². The van der Waals surface area contributed by atoms with Gasteiger partial charge < -0.3 is 10.6 Å². The molecule has 0 unspecified atom stereocenters. The molecule has 1 saturated heterocycles.